The molecular weight excluding hydrogens is 498 g/mol. The highest BCUT2D eigenvalue weighted by Crippen LogP contribution is 2.45. The van der Waals surface area contributed by atoms with Crippen LogP contribution in [-0.4, -0.2) is 42.2 Å². The number of aromatic nitrogens is 1. The van der Waals surface area contributed by atoms with Gasteiger partial charge in [0.05, 0.1) is 24.7 Å². The van der Waals surface area contributed by atoms with Crippen LogP contribution >= 0.6 is 0 Å². The van der Waals surface area contributed by atoms with Crippen molar-refractivity contribution in [2.45, 2.75) is 31.0 Å². The third-order valence-electron chi connectivity index (χ3n) is 9.12. The minimum absolute atomic E-state index is 0.0700. The third-order valence-corrected chi connectivity index (χ3v) is 9.12. The van der Waals surface area contributed by atoms with Crippen LogP contribution in [0.4, 0.5) is 4.79 Å². The molecule has 4 aromatic rings. The van der Waals surface area contributed by atoms with E-state index in [0.717, 1.165) is 70.4 Å². The highest BCUT2D eigenvalue weighted by Gasteiger charge is 2.44. The molecule has 4 aliphatic rings. The summed E-state index contributed by atoms with van der Waals surface area (Å²) in [5, 5.41) is 4.17. The van der Waals surface area contributed by atoms with Crippen molar-refractivity contribution in [3.8, 4) is 16.9 Å². The van der Waals surface area contributed by atoms with Crippen molar-refractivity contribution in [1.82, 2.24) is 15.2 Å². The molecule has 8 rings (SSSR count). The fourth-order valence-electron chi connectivity index (χ4n) is 7.14. The predicted molar refractivity (Wildman–Crippen MR) is 156 cm³/mol. The van der Waals surface area contributed by atoms with Crippen LogP contribution in [0.5, 0.6) is 5.75 Å². The number of methoxy groups -OCH3 is 1. The lowest BCUT2D eigenvalue weighted by molar-refractivity contribution is -0.0500. The Morgan fingerprint density at radius 2 is 1.82 bits per heavy atom. The molecular formula is C34H33N3O3. The molecule has 0 spiro atoms. The first-order valence-electron chi connectivity index (χ1n) is 14.1. The number of hydrogen-bond donors (Lipinski definition) is 1. The van der Waals surface area contributed by atoms with Gasteiger partial charge in [0.1, 0.15) is 11.9 Å². The topological polar surface area (TPSA) is 63.7 Å². The summed E-state index contributed by atoms with van der Waals surface area (Å²) in [6.07, 6.45) is 5.13. The van der Waals surface area contributed by atoms with Crippen molar-refractivity contribution < 1.29 is 14.3 Å². The molecule has 6 nitrogen and oxygen atoms in total. The predicted octanol–water partition coefficient (Wildman–Crippen LogP) is 6.68. The minimum atomic E-state index is -0.460. The molecule has 6 heteroatoms. The van der Waals surface area contributed by atoms with Gasteiger partial charge in [-0.05, 0) is 77.7 Å². The Hall–Kier alpha value is -4.16. The summed E-state index contributed by atoms with van der Waals surface area (Å²) in [5.41, 5.74) is 6.29. The van der Waals surface area contributed by atoms with Crippen molar-refractivity contribution in [2.24, 2.45) is 11.8 Å². The van der Waals surface area contributed by atoms with Crippen LogP contribution in [0, 0.1) is 11.8 Å². The molecule has 40 heavy (non-hydrogen) atoms. The Morgan fingerprint density at radius 1 is 1.07 bits per heavy atom. The van der Waals surface area contributed by atoms with Crippen molar-refractivity contribution in [2.75, 3.05) is 20.2 Å². The number of piperidine rings is 3. The monoisotopic (exact) mass is 531 g/mol. The summed E-state index contributed by atoms with van der Waals surface area (Å²) in [6, 6.07) is 24.2. The first-order valence-corrected chi connectivity index (χ1v) is 14.1. The van der Waals surface area contributed by atoms with E-state index in [1.165, 1.54) is 0 Å². The number of benzene rings is 3. The molecule has 3 saturated heterocycles. The number of nitrogens with zero attached hydrogens (tertiary/aromatic N) is 2. The van der Waals surface area contributed by atoms with E-state index in [1.807, 2.05) is 54.7 Å². The van der Waals surface area contributed by atoms with Crippen LogP contribution in [-0.2, 0) is 4.74 Å². The van der Waals surface area contributed by atoms with E-state index in [0.29, 0.717) is 11.8 Å². The van der Waals surface area contributed by atoms with Crippen LogP contribution in [0.3, 0.4) is 0 Å². The van der Waals surface area contributed by atoms with Gasteiger partial charge in [0.2, 0.25) is 0 Å². The summed E-state index contributed by atoms with van der Waals surface area (Å²) >= 11 is 0. The Balaban J connectivity index is 1.25. The van der Waals surface area contributed by atoms with Crippen molar-refractivity contribution in [1.29, 1.82) is 0 Å². The molecule has 0 saturated carbocycles. The average Bonchev–Trinajstić information content (AvgIpc) is 3.32. The molecule has 3 aliphatic heterocycles. The average molecular weight is 532 g/mol. The Kier molecular flexibility index (Phi) is 6.28. The molecule has 1 amide bonds. The maximum Gasteiger partial charge on any atom is 0.408 e. The number of ether oxygens (including phenoxy) is 2. The van der Waals surface area contributed by atoms with E-state index in [1.54, 1.807) is 7.11 Å². The number of amides is 1. The van der Waals surface area contributed by atoms with Crippen LogP contribution in [0.15, 0.2) is 91.6 Å². The van der Waals surface area contributed by atoms with Crippen molar-refractivity contribution >= 4 is 17.0 Å². The van der Waals surface area contributed by atoms with Gasteiger partial charge in [0, 0.05) is 23.7 Å². The van der Waals surface area contributed by atoms with E-state index in [-0.39, 0.29) is 12.1 Å². The number of carbonyl (C=O) groups is 1. The summed E-state index contributed by atoms with van der Waals surface area (Å²) < 4.78 is 12.0. The second kappa shape index (κ2) is 10.1. The Morgan fingerprint density at radius 3 is 2.50 bits per heavy atom. The van der Waals surface area contributed by atoms with Gasteiger partial charge >= 0.3 is 6.09 Å². The van der Waals surface area contributed by atoms with Gasteiger partial charge in [-0.25, -0.2) is 4.79 Å². The fourth-order valence-corrected chi connectivity index (χ4v) is 7.14. The van der Waals surface area contributed by atoms with Gasteiger partial charge in [-0.15, -0.1) is 6.58 Å². The molecule has 2 bridgehead atoms. The highest BCUT2D eigenvalue weighted by molar-refractivity contribution is 5.85. The molecule has 3 aromatic carbocycles. The van der Waals surface area contributed by atoms with Crippen LogP contribution in [0.1, 0.15) is 41.7 Å². The first-order chi connectivity index (χ1) is 19.6. The molecule has 3 fully saturated rings. The zero-order chi connectivity index (χ0) is 27.2. The lowest BCUT2D eigenvalue weighted by Crippen LogP contribution is -2.55. The van der Waals surface area contributed by atoms with Crippen LogP contribution in [0.25, 0.3) is 22.0 Å². The van der Waals surface area contributed by atoms with Gasteiger partial charge in [-0.3, -0.25) is 9.88 Å². The Labute approximate surface area is 234 Å². The highest BCUT2D eigenvalue weighted by atomic mass is 16.6. The van der Waals surface area contributed by atoms with Gasteiger partial charge in [0.15, 0.2) is 0 Å². The second-order valence-corrected chi connectivity index (χ2v) is 11.1. The minimum Gasteiger partial charge on any atom is -0.497 e. The van der Waals surface area contributed by atoms with Gasteiger partial charge in [-0.2, -0.15) is 0 Å². The molecule has 5 atom stereocenters. The molecule has 1 aromatic heterocycles. The number of pyridine rings is 1. The van der Waals surface area contributed by atoms with Crippen LogP contribution in [0.2, 0.25) is 0 Å². The van der Waals surface area contributed by atoms with Crippen molar-refractivity contribution in [3.05, 3.63) is 108 Å². The van der Waals surface area contributed by atoms with Gasteiger partial charge in [-0.1, -0.05) is 54.6 Å². The standard InChI is InChI=1S/C34H33N3O3/c1-3-21-20-37-17-15-22(21)18-31(37)33(28-14-16-35-30-13-12-23(39-2)19-29(28)30)40-34(38)36-32-26-10-6-4-8-24(26)25-9-5-7-11-27(25)32/h3-14,16,19,21-22,31-33H,1,15,17-18,20H2,2H3,(H,36,38)/t21-,22-,31-,33+/m0/s1. The van der Waals surface area contributed by atoms with Gasteiger partial charge < -0.3 is 14.8 Å². The zero-order valence-corrected chi connectivity index (χ0v) is 22.6. The lowest BCUT2D eigenvalue weighted by atomic mass is 9.73. The number of fused-ring (bicyclic) bond motifs is 7. The third kappa shape index (κ3) is 4.14. The molecule has 1 aliphatic carbocycles. The fraction of sp³-hybridized carbons (Fsp3) is 0.294. The number of hydrogen-bond acceptors (Lipinski definition) is 5. The van der Waals surface area contributed by atoms with Gasteiger partial charge in [0.25, 0.3) is 0 Å². The maximum absolute atomic E-state index is 13.8. The number of carbonyl (C=O) groups excluding carboxylic acids is 1. The summed E-state index contributed by atoms with van der Waals surface area (Å²) in [5.74, 6) is 1.76. The number of rotatable bonds is 6. The second-order valence-electron chi connectivity index (χ2n) is 11.1. The largest absolute Gasteiger partial charge is 0.497 e. The van der Waals surface area contributed by atoms with E-state index in [9.17, 15) is 4.79 Å². The van der Waals surface area contributed by atoms with E-state index in [2.05, 4.69) is 52.1 Å². The summed E-state index contributed by atoms with van der Waals surface area (Å²) in [7, 11) is 1.66. The van der Waals surface area contributed by atoms with Crippen LogP contribution < -0.4 is 10.1 Å². The molecule has 4 heterocycles. The molecule has 0 radical (unpaired) electrons. The number of alkyl carbamates (subject to hydrolysis) is 1. The smallest absolute Gasteiger partial charge is 0.408 e. The Bertz CT molecular complexity index is 1560. The maximum atomic E-state index is 13.8. The van der Waals surface area contributed by atoms with E-state index < -0.39 is 12.2 Å². The number of nitrogens with one attached hydrogen (secondary N) is 1. The van der Waals surface area contributed by atoms with E-state index in [4.69, 9.17) is 9.47 Å². The SMILES string of the molecule is C=C[C@H]1CN2CC[C@H]1C[C@H]2[C@H](OC(=O)NC1c2ccccc2-c2ccccc21)c1ccnc2ccc(OC)cc12. The first kappa shape index (κ1) is 24.9. The normalized spacial score (nSPS) is 23.7. The quantitative estimate of drug-likeness (QED) is 0.281. The molecule has 1 unspecified atom stereocenters. The summed E-state index contributed by atoms with van der Waals surface area (Å²) in [4.78, 5) is 20.9. The molecule has 202 valence electrons. The zero-order valence-electron chi connectivity index (χ0n) is 22.6. The summed E-state index contributed by atoms with van der Waals surface area (Å²) in [6.45, 7) is 6.03. The lowest BCUT2D eigenvalue weighted by Gasteiger charge is -2.51. The van der Waals surface area contributed by atoms with E-state index >= 15 is 0 Å². The molecule has 1 N–H and O–H groups in total. The van der Waals surface area contributed by atoms with Crippen molar-refractivity contribution in [3.63, 3.8) is 0 Å².